The van der Waals surface area contributed by atoms with Gasteiger partial charge in [-0.2, -0.15) is 0 Å². The van der Waals surface area contributed by atoms with Gasteiger partial charge in [0.2, 0.25) is 0 Å². The summed E-state index contributed by atoms with van der Waals surface area (Å²) in [7, 11) is 3.39. The van der Waals surface area contributed by atoms with Crippen LogP contribution in [0.25, 0.3) is 0 Å². The quantitative estimate of drug-likeness (QED) is 0.365. The zero-order valence-electron chi connectivity index (χ0n) is 21.5. The van der Waals surface area contributed by atoms with Crippen molar-refractivity contribution in [2.75, 3.05) is 33.9 Å². The van der Waals surface area contributed by atoms with Gasteiger partial charge < -0.3 is 15.2 Å². The van der Waals surface area contributed by atoms with Crippen molar-refractivity contribution in [1.29, 1.82) is 0 Å². The van der Waals surface area contributed by atoms with Crippen LogP contribution in [0.3, 0.4) is 0 Å². The average molecular weight is 473 g/mol. The Balaban J connectivity index is 1.57. The van der Waals surface area contributed by atoms with Crippen LogP contribution in [0.1, 0.15) is 60.9 Å². The number of rotatable bonds is 11. The van der Waals surface area contributed by atoms with Crippen LogP contribution in [0.15, 0.2) is 72.8 Å². The first-order valence-electron chi connectivity index (χ1n) is 13.0. The normalized spacial score (nSPS) is 16.1. The third kappa shape index (κ3) is 5.24. The van der Waals surface area contributed by atoms with Crippen molar-refractivity contribution in [3.8, 4) is 11.5 Å². The van der Waals surface area contributed by atoms with E-state index in [0.717, 1.165) is 56.7 Å². The van der Waals surface area contributed by atoms with Gasteiger partial charge in [0.25, 0.3) is 0 Å². The fourth-order valence-electron chi connectivity index (χ4n) is 6.02. The molecule has 4 rings (SSSR count). The highest BCUT2D eigenvalue weighted by Gasteiger charge is 2.34. The first kappa shape index (κ1) is 25.3. The van der Waals surface area contributed by atoms with Crippen molar-refractivity contribution >= 4 is 0 Å². The zero-order valence-corrected chi connectivity index (χ0v) is 21.5. The van der Waals surface area contributed by atoms with E-state index in [1.165, 1.54) is 22.3 Å². The summed E-state index contributed by atoms with van der Waals surface area (Å²) in [5.74, 6) is 1.58. The minimum Gasteiger partial charge on any atom is -0.493 e. The van der Waals surface area contributed by atoms with Crippen molar-refractivity contribution in [3.63, 3.8) is 0 Å². The number of benzene rings is 3. The Morgan fingerprint density at radius 2 is 1.49 bits per heavy atom. The highest BCUT2D eigenvalue weighted by atomic mass is 16.5. The summed E-state index contributed by atoms with van der Waals surface area (Å²) in [6.45, 7) is 4.94. The summed E-state index contributed by atoms with van der Waals surface area (Å²) in [6.07, 6.45) is 5.52. The number of nitrogens with two attached hydrogens (primary N) is 1. The van der Waals surface area contributed by atoms with Crippen molar-refractivity contribution in [3.05, 3.63) is 95.1 Å². The fourth-order valence-corrected chi connectivity index (χ4v) is 6.02. The monoisotopic (exact) mass is 472 g/mol. The molecule has 0 aliphatic carbocycles. The van der Waals surface area contributed by atoms with E-state index >= 15 is 0 Å². The van der Waals surface area contributed by atoms with Gasteiger partial charge >= 0.3 is 0 Å². The van der Waals surface area contributed by atoms with E-state index in [1.54, 1.807) is 14.2 Å². The Labute approximate surface area is 211 Å². The maximum atomic E-state index is 6.34. The molecule has 0 spiro atoms. The van der Waals surface area contributed by atoms with Gasteiger partial charge in [-0.15, -0.1) is 0 Å². The number of nitrogens with zero attached hydrogens (tertiary/aromatic N) is 1. The molecule has 0 saturated heterocycles. The summed E-state index contributed by atoms with van der Waals surface area (Å²) in [5.41, 5.74) is 11.8. The van der Waals surface area contributed by atoms with Gasteiger partial charge in [-0.3, -0.25) is 4.90 Å². The average Bonchev–Trinajstić information content (AvgIpc) is 2.92. The summed E-state index contributed by atoms with van der Waals surface area (Å²) in [4.78, 5) is 2.57. The Morgan fingerprint density at radius 3 is 2.03 bits per heavy atom. The van der Waals surface area contributed by atoms with Gasteiger partial charge in [0.05, 0.1) is 14.2 Å². The molecule has 35 heavy (non-hydrogen) atoms. The van der Waals surface area contributed by atoms with Crippen molar-refractivity contribution in [2.45, 2.75) is 50.5 Å². The van der Waals surface area contributed by atoms with Gasteiger partial charge in [-0.05, 0) is 66.6 Å². The first-order chi connectivity index (χ1) is 17.2. The van der Waals surface area contributed by atoms with E-state index in [-0.39, 0.29) is 11.5 Å². The Hall–Kier alpha value is -2.82. The van der Waals surface area contributed by atoms with Gasteiger partial charge in [0.1, 0.15) is 0 Å². The standard InChI is InChI=1S/C31H40N2O2/c1-4-17-31(25-12-7-5-8-13-25,26-14-9-6-10-15-26)18-11-19-33-20-16-24-21-29(34-2)30(35-3)22-27(24)28(33)23-32/h5-10,12-15,21-22,28H,4,11,16-20,23,32H2,1-3H3. The van der Waals surface area contributed by atoms with Crippen LogP contribution in [-0.2, 0) is 11.8 Å². The summed E-state index contributed by atoms with van der Waals surface area (Å²) in [5, 5.41) is 0. The molecule has 0 fully saturated rings. The summed E-state index contributed by atoms with van der Waals surface area (Å²) < 4.78 is 11.1. The Morgan fingerprint density at radius 1 is 0.886 bits per heavy atom. The van der Waals surface area contributed by atoms with Crippen LogP contribution in [0.4, 0.5) is 0 Å². The minimum absolute atomic E-state index is 0.0275. The van der Waals surface area contributed by atoms with Crippen LogP contribution < -0.4 is 15.2 Å². The number of ether oxygens (including phenoxy) is 2. The molecule has 4 heteroatoms. The molecular weight excluding hydrogens is 432 g/mol. The van der Waals surface area contributed by atoms with Gasteiger partial charge in [-0.25, -0.2) is 0 Å². The molecule has 2 N–H and O–H groups in total. The maximum Gasteiger partial charge on any atom is 0.161 e. The van der Waals surface area contributed by atoms with E-state index in [4.69, 9.17) is 15.2 Å². The van der Waals surface area contributed by atoms with Crippen LogP contribution in [0.5, 0.6) is 11.5 Å². The van der Waals surface area contributed by atoms with Gasteiger partial charge in [0.15, 0.2) is 11.5 Å². The molecule has 1 heterocycles. The molecule has 1 aliphatic rings. The largest absolute Gasteiger partial charge is 0.493 e. The smallest absolute Gasteiger partial charge is 0.161 e. The van der Waals surface area contributed by atoms with Crippen molar-refractivity contribution in [2.24, 2.45) is 5.73 Å². The number of hydrogen-bond acceptors (Lipinski definition) is 4. The van der Waals surface area contributed by atoms with E-state index in [0.29, 0.717) is 6.54 Å². The van der Waals surface area contributed by atoms with Crippen LogP contribution >= 0.6 is 0 Å². The van der Waals surface area contributed by atoms with Gasteiger partial charge in [0, 0.05) is 24.5 Å². The second-order valence-electron chi connectivity index (χ2n) is 9.61. The number of hydrogen-bond donors (Lipinski definition) is 1. The van der Waals surface area contributed by atoms with E-state index < -0.39 is 0 Å². The first-order valence-corrected chi connectivity index (χ1v) is 13.0. The highest BCUT2D eigenvalue weighted by Crippen LogP contribution is 2.42. The molecule has 0 amide bonds. The van der Waals surface area contributed by atoms with Gasteiger partial charge in [-0.1, -0.05) is 74.0 Å². The minimum atomic E-state index is 0.0275. The molecular formula is C31H40N2O2. The molecule has 1 unspecified atom stereocenters. The number of methoxy groups -OCH3 is 2. The second kappa shape index (κ2) is 11.7. The zero-order chi connectivity index (χ0) is 24.7. The van der Waals surface area contributed by atoms with E-state index in [9.17, 15) is 0 Å². The second-order valence-corrected chi connectivity index (χ2v) is 9.61. The lowest BCUT2D eigenvalue weighted by molar-refractivity contribution is 0.180. The fraction of sp³-hybridized carbons (Fsp3) is 0.419. The molecule has 186 valence electrons. The van der Waals surface area contributed by atoms with Crippen molar-refractivity contribution < 1.29 is 9.47 Å². The maximum absolute atomic E-state index is 6.34. The predicted molar refractivity (Wildman–Crippen MR) is 144 cm³/mol. The Bertz CT molecular complexity index is 1030. The lowest BCUT2D eigenvalue weighted by atomic mass is 9.68. The van der Waals surface area contributed by atoms with Crippen molar-refractivity contribution in [1.82, 2.24) is 4.90 Å². The summed E-state index contributed by atoms with van der Waals surface area (Å²) in [6, 6.07) is 26.6. The number of fused-ring (bicyclic) bond motifs is 1. The Kier molecular flexibility index (Phi) is 8.48. The lowest BCUT2D eigenvalue weighted by Crippen LogP contribution is -2.40. The molecule has 0 bridgehead atoms. The van der Waals surface area contributed by atoms with Crippen LogP contribution in [0.2, 0.25) is 0 Å². The van der Waals surface area contributed by atoms with Crippen LogP contribution in [0, 0.1) is 0 Å². The topological polar surface area (TPSA) is 47.7 Å². The van der Waals surface area contributed by atoms with E-state index in [1.807, 2.05) is 0 Å². The highest BCUT2D eigenvalue weighted by molar-refractivity contribution is 5.49. The molecule has 3 aromatic carbocycles. The van der Waals surface area contributed by atoms with Crippen LogP contribution in [-0.4, -0.2) is 38.8 Å². The molecule has 0 saturated carbocycles. The molecule has 1 aliphatic heterocycles. The van der Waals surface area contributed by atoms with E-state index in [2.05, 4.69) is 84.6 Å². The third-order valence-electron chi connectivity index (χ3n) is 7.72. The lowest BCUT2D eigenvalue weighted by Gasteiger charge is -2.39. The predicted octanol–water partition coefficient (Wildman–Crippen LogP) is 6.13. The molecule has 0 radical (unpaired) electrons. The molecule has 4 nitrogen and oxygen atoms in total. The molecule has 0 aromatic heterocycles. The SMILES string of the molecule is CCCC(CCCN1CCc2cc(OC)c(OC)cc2C1CN)(c1ccccc1)c1ccccc1. The molecule has 3 aromatic rings. The molecule has 1 atom stereocenters. The summed E-state index contributed by atoms with van der Waals surface area (Å²) >= 11 is 0. The third-order valence-corrected chi connectivity index (χ3v) is 7.72.